The first kappa shape index (κ1) is 14.0. The maximum Gasteiger partial charge on any atom is 0.178 e. The fourth-order valence-corrected chi connectivity index (χ4v) is 4.04. The van der Waals surface area contributed by atoms with Crippen molar-refractivity contribution in [3.05, 3.63) is 71.8 Å². The molecule has 0 spiro atoms. The molecule has 0 bridgehead atoms. The molecule has 0 fully saturated rings. The second-order valence-corrected chi connectivity index (χ2v) is 7.22. The number of rotatable bonds is 0. The predicted octanol–water partition coefficient (Wildman–Crippen LogP) is 7.26. The van der Waals surface area contributed by atoms with Crippen molar-refractivity contribution in [2.75, 3.05) is 0 Å². The van der Waals surface area contributed by atoms with Crippen LogP contribution in [-0.4, -0.2) is 0 Å². The minimum absolute atomic E-state index is 0.832. The molecule has 2 heterocycles. The highest BCUT2D eigenvalue weighted by Crippen LogP contribution is 2.39. The summed E-state index contributed by atoms with van der Waals surface area (Å²) in [6.07, 6.45) is 0. The summed E-state index contributed by atoms with van der Waals surface area (Å²) >= 11 is 0. The largest absolute Gasteiger partial charge is 0.452 e. The quantitative estimate of drug-likeness (QED) is 0.292. The van der Waals surface area contributed by atoms with Crippen molar-refractivity contribution in [2.24, 2.45) is 0 Å². The molecule has 0 aliphatic rings. The van der Waals surface area contributed by atoms with Crippen molar-refractivity contribution >= 4 is 54.6 Å². The maximum atomic E-state index is 6.28. The first-order chi connectivity index (χ1) is 12.7. The van der Waals surface area contributed by atoms with Crippen LogP contribution in [0.4, 0.5) is 0 Å². The first-order valence-electron chi connectivity index (χ1n) is 8.86. The normalized spacial score (nSPS) is 12.2. The Bertz CT molecular complexity index is 1500. The van der Waals surface area contributed by atoms with Crippen LogP contribution in [0.5, 0.6) is 0 Å². The highest BCUT2D eigenvalue weighted by atomic mass is 16.4. The van der Waals surface area contributed by atoms with Gasteiger partial charge in [-0.05, 0) is 60.5 Å². The molecule has 0 radical (unpaired) electrons. The number of benzene rings is 4. The molecule has 0 atom stereocenters. The van der Waals surface area contributed by atoms with Gasteiger partial charge < -0.3 is 8.83 Å². The zero-order valence-electron chi connectivity index (χ0n) is 14.6. The van der Waals surface area contributed by atoms with Crippen LogP contribution < -0.4 is 0 Å². The van der Waals surface area contributed by atoms with Crippen LogP contribution in [-0.2, 0) is 0 Å². The van der Waals surface area contributed by atoms with Crippen molar-refractivity contribution in [2.45, 2.75) is 13.8 Å². The Morgan fingerprint density at radius 2 is 1.12 bits per heavy atom. The lowest BCUT2D eigenvalue weighted by Crippen LogP contribution is -1.75. The van der Waals surface area contributed by atoms with E-state index in [0.717, 1.165) is 43.9 Å². The standard InChI is InChI=1S/C24H16O2/c1-13-3-5-15-11-20-19-8-7-18-17-6-4-14(2)10-21(17)25-23(18)24(19)26-22(20)12-16(15)9-13/h3-12H,1-2H3. The molecule has 0 N–H and O–H groups in total. The fourth-order valence-electron chi connectivity index (χ4n) is 4.04. The van der Waals surface area contributed by atoms with Crippen LogP contribution in [0.15, 0.2) is 69.5 Å². The van der Waals surface area contributed by atoms with Gasteiger partial charge in [-0.25, -0.2) is 0 Å². The molecule has 0 saturated carbocycles. The lowest BCUT2D eigenvalue weighted by molar-refractivity contribution is 0.633. The molecule has 6 rings (SSSR count). The van der Waals surface area contributed by atoms with Gasteiger partial charge in [-0.2, -0.15) is 0 Å². The van der Waals surface area contributed by atoms with Crippen molar-refractivity contribution < 1.29 is 8.83 Å². The Hall–Kier alpha value is -3.26. The van der Waals surface area contributed by atoms with Gasteiger partial charge in [-0.15, -0.1) is 0 Å². The topological polar surface area (TPSA) is 26.3 Å². The molecular weight excluding hydrogens is 320 g/mol. The van der Waals surface area contributed by atoms with Crippen molar-refractivity contribution in [3.63, 3.8) is 0 Å². The SMILES string of the molecule is Cc1ccc2cc3c(cc2c1)oc1c3ccc2c3ccc(C)cc3oc21. The van der Waals surface area contributed by atoms with Gasteiger partial charge >= 0.3 is 0 Å². The second kappa shape index (κ2) is 4.67. The molecule has 4 aromatic carbocycles. The molecular formula is C24H16O2. The third kappa shape index (κ3) is 1.76. The van der Waals surface area contributed by atoms with Gasteiger partial charge in [0, 0.05) is 21.5 Å². The lowest BCUT2D eigenvalue weighted by Gasteiger charge is -1.99. The van der Waals surface area contributed by atoms with E-state index in [9.17, 15) is 0 Å². The number of aryl methyl sites for hydroxylation is 2. The lowest BCUT2D eigenvalue weighted by atomic mass is 10.0. The van der Waals surface area contributed by atoms with Gasteiger partial charge in [0.15, 0.2) is 11.2 Å². The highest BCUT2D eigenvalue weighted by Gasteiger charge is 2.16. The Morgan fingerprint density at radius 3 is 1.92 bits per heavy atom. The molecule has 0 saturated heterocycles. The molecule has 0 aliphatic carbocycles. The fraction of sp³-hybridized carbons (Fsp3) is 0.0833. The van der Waals surface area contributed by atoms with Crippen LogP contribution in [0.1, 0.15) is 11.1 Å². The number of hydrogen-bond acceptors (Lipinski definition) is 2. The summed E-state index contributed by atoms with van der Waals surface area (Å²) in [5.74, 6) is 0. The van der Waals surface area contributed by atoms with Crippen LogP contribution >= 0.6 is 0 Å². The van der Waals surface area contributed by atoms with E-state index in [1.807, 2.05) is 0 Å². The minimum atomic E-state index is 0.832. The van der Waals surface area contributed by atoms with E-state index < -0.39 is 0 Å². The van der Waals surface area contributed by atoms with E-state index in [-0.39, 0.29) is 0 Å². The zero-order chi connectivity index (χ0) is 17.4. The summed E-state index contributed by atoms with van der Waals surface area (Å²) in [6, 6.07) is 21.5. The van der Waals surface area contributed by atoms with Crippen molar-refractivity contribution in [1.82, 2.24) is 0 Å². The molecule has 124 valence electrons. The van der Waals surface area contributed by atoms with E-state index in [4.69, 9.17) is 8.83 Å². The Kier molecular flexibility index (Phi) is 2.51. The van der Waals surface area contributed by atoms with E-state index >= 15 is 0 Å². The summed E-state index contributed by atoms with van der Waals surface area (Å²) in [5.41, 5.74) is 5.93. The monoisotopic (exact) mass is 336 g/mol. The van der Waals surface area contributed by atoms with E-state index in [1.54, 1.807) is 0 Å². The molecule has 2 aromatic heterocycles. The molecule has 6 aromatic rings. The van der Waals surface area contributed by atoms with E-state index in [1.165, 1.54) is 21.9 Å². The van der Waals surface area contributed by atoms with Crippen LogP contribution in [0.2, 0.25) is 0 Å². The van der Waals surface area contributed by atoms with Crippen LogP contribution in [0.25, 0.3) is 54.6 Å². The predicted molar refractivity (Wildman–Crippen MR) is 108 cm³/mol. The maximum absolute atomic E-state index is 6.28. The molecule has 26 heavy (non-hydrogen) atoms. The summed E-state index contributed by atoms with van der Waals surface area (Å²) in [5, 5.41) is 6.90. The van der Waals surface area contributed by atoms with Crippen molar-refractivity contribution in [3.8, 4) is 0 Å². The average molecular weight is 336 g/mol. The van der Waals surface area contributed by atoms with Gasteiger partial charge in [0.25, 0.3) is 0 Å². The third-order valence-corrected chi connectivity index (χ3v) is 5.35. The van der Waals surface area contributed by atoms with E-state index in [2.05, 4.69) is 74.5 Å². The summed E-state index contributed by atoms with van der Waals surface area (Å²) in [6.45, 7) is 4.19. The summed E-state index contributed by atoms with van der Waals surface area (Å²) in [4.78, 5) is 0. The van der Waals surface area contributed by atoms with Gasteiger partial charge in [-0.1, -0.05) is 35.9 Å². The molecule has 0 amide bonds. The third-order valence-electron chi connectivity index (χ3n) is 5.35. The second-order valence-electron chi connectivity index (χ2n) is 7.22. The number of furan rings is 2. The smallest absolute Gasteiger partial charge is 0.178 e. The first-order valence-corrected chi connectivity index (χ1v) is 8.86. The van der Waals surface area contributed by atoms with Crippen LogP contribution in [0.3, 0.4) is 0 Å². The Labute approximate surface area is 149 Å². The van der Waals surface area contributed by atoms with Gasteiger partial charge in [-0.3, -0.25) is 0 Å². The van der Waals surface area contributed by atoms with Crippen molar-refractivity contribution in [1.29, 1.82) is 0 Å². The van der Waals surface area contributed by atoms with Gasteiger partial charge in [0.1, 0.15) is 11.2 Å². The Morgan fingerprint density at radius 1 is 0.500 bits per heavy atom. The molecule has 0 aliphatic heterocycles. The number of fused-ring (bicyclic) bond motifs is 8. The Balaban J connectivity index is 1.79. The average Bonchev–Trinajstić information content (AvgIpc) is 3.16. The molecule has 2 heteroatoms. The van der Waals surface area contributed by atoms with Gasteiger partial charge in [0.2, 0.25) is 0 Å². The molecule has 0 unspecified atom stereocenters. The summed E-state index contributed by atoms with van der Waals surface area (Å²) < 4.78 is 12.5. The summed E-state index contributed by atoms with van der Waals surface area (Å²) in [7, 11) is 0. The number of hydrogen-bond donors (Lipinski definition) is 0. The minimum Gasteiger partial charge on any atom is -0.452 e. The van der Waals surface area contributed by atoms with Crippen LogP contribution in [0, 0.1) is 13.8 Å². The highest BCUT2D eigenvalue weighted by molar-refractivity contribution is 6.20. The zero-order valence-corrected chi connectivity index (χ0v) is 14.6. The molecule has 2 nitrogen and oxygen atoms in total. The van der Waals surface area contributed by atoms with E-state index in [0.29, 0.717) is 0 Å². The van der Waals surface area contributed by atoms with Gasteiger partial charge in [0.05, 0.1) is 0 Å².